The maximum absolute atomic E-state index is 12.0. The molecule has 0 aromatic carbocycles. The topological polar surface area (TPSA) is 53.2 Å². The number of rotatable bonds is 4. The van der Waals surface area contributed by atoms with Crippen molar-refractivity contribution in [2.75, 3.05) is 7.05 Å². The molecule has 0 bridgehead atoms. The average Bonchev–Trinajstić information content (AvgIpc) is 2.30. The van der Waals surface area contributed by atoms with Crippen molar-refractivity contribution in [3.63, 3.8) is 0 Å². The number of H-pyrrole nitrogens is 1. The Morgan fingerprint density at radius 3 is 2.56 bits per heavy atom. The van der Waals surface area contributed by atoms with Crippen LogP contribution in [0.25, 0.3) is 0 Å². The minimum atomic E-state index is -0.235. The zero-order valence-electron chi connectivity index (χ0n) is 9.99. The van der Waals surface area contributed by atoms with Crippen LogP contribution in [0.1, 0.15) is 37.0 Å². The molecule has 1 heterocycles. The highest BCUT2D eigenvalue weighted by atomic mass is 16.2. The van der Waals surface area contributed by atoms with Crippen molar-refractivity contribution in [2.45, 2.75) is 32.7 Å². The van der Waals surface area contributed by atoms with Gasteiger partial charge in [0.1, 0.15) is 5.56 Å². The molecule has 1 amide bonds. The van der Waals surface area contributed by atoms with Gasteiger partial charge >= 0.3 is 0 Å². The van der Waals surface area contributed by atoms with Gasteiger partial charge in [0.25, 0.3) is 5.91 Å². The Bertz CT molecular complexity index is 407. The van der Waals surface area contributed by atoms with E-state index in [9.17, 15) is 9.59 Å². The Morgan fingerprint density at radius 2 is 2.06 bits per heavy atom. The van der Waals surface area contributed by atoms with E-state index in [0.29, 0.717) is 0 Å². The highest BCUT2D eigenvalue weighted by Gasteiger charge is 2.19. The average molecular weight is 222 g/mol. The van der Waals surface area contributed by atoms with E-state index in [2.05, 4.69) is 4.98 Å². The Hall–Kier alpha value is -1.58. The lowest BCUT2D eigenvalue weighted by Gasteiger charge is -2.25. The number of carbonyl (C=O) groups excluding carboxylic acids is 1. The maximum atomic E-state index is 12.0. The van der Waals surface area contributed by atoms with Gasteiger partial charge in [0.15, 0.2) is 5.43 Å². The molecule has 16 heavy (non-hydrogen) atoms. The summed E-state index contributed by atoms with van der Waals surface area (Å²) in [7, 11) is 1.74. The molecule has 1 N–H and O–H groups in total. The molecule has 1 aromatic rings. The predicted molar refractivity (Wildman–Crippen MR) is 63.5 cm³/mol. The molecule has 0 spiro atoms. The third-order valence-electron chi connectivity index (χ3n) is 2.87. The molecule has 0 atom stereocenters. The molecule has 0 saturated heterocycles. The fourth-order valence-corrected chi connectivity index (χ4v) is 1.78. The summed E-state index contributed by atoms with van der Waals surface area (Å²) in [6.07, 6.45) is 4.77. The zero-order chi connectivity index (χ0) is 12.1. The van der Waals surface area contributed by atoms with Crippen molar-refractivity contribution in [1.29, 1.82) is 0 Å². The predicted octanol–water partition coefficient (Wildman–Crippen LogP) is 1.64. The van der Waals surface area contributed by atoms with Gasteiger partial charge in [-0.05, 0) is 12.8 Å². The highest BCUT2D eigenvalue weighted by molar-refractivity contribution is 5.93. The standard InChI is InChI=1S/C12H18N2O2/c1-4-9(5-2)14(3)12(16)10-8-13-7-6-11(10)15/h6-9H,4-5H2,1-3H3,(H,13,15). The molecule has 4 nitrogen and oxygen atoms in total. The van der Waals surface area contributed by atoms with Crippen molar-refractivity contribution in [1.82, 2.24) is 9.88 Å². The molecule has 88 valence electrons. The van der Waals surface area contributed by atoms with Crippen molar-refractivity contribution in [3.8, 4) is 0 Å². The number of amides is 1. The lowest BCUT2D eigenvalue weighted by Crippen LogP contribution is -2.38. The number of hydrogen-bond donors (Lipinski definition) is 1. The third kappa shape index (κ3) is 2.51. The molecule has 0 unspecified atom stereocenters. The Balaban J connectivity index is 2.94. The van der Waals surface area contributed by atoms with Crippen LogP contribution < -0.4 is 5.43 Å². The summed E-state index contributed by atoms with van der Waals surface area (Å²) in [6.45, 7) is 4.07. The molecule has 1 rings (SSSR count). The van der Waals surface area contributed by atoms with Crippen LogP contribution in [0.15, 0.2) is 23.3 Å². The van der Waals surface area contributed by atoms with Crippen molar-refractivity contribution >= 4 is 5.91 Å². The summed E-state index contributed by atoms with van der Waals surface area (Å²) in [4.78, 5) is 27.9. The van der Waals surface area contributed by atoms with Gasteiger partial charge in [0.05, 0.1) is 0 Å². The molecular weight excluding hydrogens is 204 g/mol. The fourth-order valence-electron chi connectivity index (χ4n) is 1.78. The van der Waals surface area contributed by atoms with Gasteiger partial charge in [0.2, 0.25) is 0 Å². The van der Waals surface area contributed by atoms with Crippen molar-refractivity contribution in [3.05, 3.63) is 34.2 Å². The lowest BCUT2D eigenvalue weighted by molar-refractivity contribution is 0.0722. The summed E-state index contributed by atoms with van der Waals surface area (Å²) in [5.74, 6) is -0.212. The van der Waals surface area contributed by atoms with Crippen LogP contribution >= 0.6 is 0 Å². The number of carbonyl (C=O) groups is 1. The number of aromatic nitrogens is 1. The third-order valence-corrected chi connectivity index (χ3v) is 2.87. The summed E-state index contributed by atoms with van der Waals surface area (Å²) < 4.78 is 0. The van der Waals surface area contributed by atoms with Crippen LogP contribution in [-0.4, -0.2) is 28.9 Å². The number of nitrogens with zero attached hydrogens (tertiary/aromatic N) is 1. The first-order valence-corrected chi connectivity index (χ1v) is 5.56. The summed E-state index contributed by atoms with van der Waals surface area (Å²) in [6, 6.07) is 1.56. The first-order valence-electron chi connectivity index (χ1n) is 5.56. The Morgan fingerprint density at radius 1 is 1.44 bits per heavy atom. The molecule has 0 aliphatic rings. The quantitative estimate of drug-likeness (QED) is 0.842. The van der Waals surface area contributed by atoms with Gasteiger partial charge in [-0.25, -0.2) is 0 Å². The van der Waals surface area contributed by atoms with E-state index < -0.39 is 0 Å². The Labute approximate surface area is 95.3 Å². The van der Waals surface area contributed by atoms with Crippen LogP contribution in [0.5, 0.6) is 0 Å². The fraction of sp³-hybridized carbons (Fsp3) is 0.500. The molecule has 1 aromatic heterocycles. The van der Waals surface area contributed by atoms with Gasteiger partial charge in [-0.3, -0.25) is 9.59 Å². The molecule has 4 heteroatoms. The highest BCUT2D eigenvalue weighted by Crippen LogP contribution is 2.08. The molecular formula is C12H18N2O2. The minimum Gasteiger partial charge on any atom is -0.367 e. The molecule has 0 aliphatic heterocycles. The second kappa shape index (κ2) is 5.49. The van der Waals surface area contributed by atoms with Crippen molar-refractivity contribution in [2.24, 2.45) is 0 Å². The van der Waals surface area contributed by atoms with E-state index in [1.54, 1.807) is 11.9 Å². The number of aromatic amines is 1. The number of nitrogens with one attached hydrogen (secondary N) is 1. The van der Waals surface area contributed by atoms with Crippen LogP contribution in [0.3, 0.4) is 0 Å². The van der Waals surface area contributed by atoms with E-state index in [1.807, 2.05) is 13.8 Å². The number of hydrogen-bond acceptors (Lipinski definition) is 2. The Kier molecular flexibility index (Phi) is 4.28. The van der Waals surface area contributed by atoms with Crippen LogP contribution in [-0.2, 0) is 0 Å². The minimum absolute atomic E-state index is 0.187. The first kappa shape index (κ1) is 12.5. The summed E-state index contributed by atoms with van der Waals surface area (Å²) in [5, 5.41) is 0. The van der Waals surface area contributed by atoms with Crippen molar-refractivity contribution < 1.29 is 4.79 Å². The van der Waals surface area contributed by atoms with Gasteiger partial charge in [-0.2, -0.15) is 0 Å². The largest absolute Gasteiger partial charge is 0.367 e. The van der Waals surface area contributed by atoms with Gasteiger partial charge in [-0.1, -0.05) is 13.8 Å². The first-order chi connectivity index (χ1) is 7.61. The van der Waals surface area contributed by atoms with E-state index in [1.165, 1.54) is 18.5 Å². The molecule has 0 radical (unpaired) electrons. The van der Waals surface area contributed by atoms with Crippen LogP contribution in [0, 0.1) is 0 Å². The SMILES string of the molecule is CCC(CC)N(C)C(=O)c1c[nH]ccc1=O. The smallest absolute Gasteiger partial charge is 0.259 e. The van der Waals surface area contributed by atoms with Crippen LogP contribution in [0.2, 0.25) is 0 Å². The maximum Gasteiger partial charge on any atom is 0.259 e. The van der Waals surface area contributed by atoms with E-state index in [0.717, 1.165) is 12.8 Å². The second-order valence-electron chi connectivity index (χ2n) is 3.81. The monoisotopic (exact) mass is 222 g/mol. The van der Waals surface area contributed by atoms with Gasteiger partial charge in [-0.15, -0.1) is 0 Å². The summed E-state index contributed by atoms with van der Waals surface area (Å²) in [5.41, 5.74) is -0.0292. The van der Waals surface area contributed by atoms with E-state index in [4.69, 9.17) is 0 Å². The summed E-state index contributed by atoms with van der Waals surface area (Å²) >= 11 is 0. The molecule has 0 saturated carbocycles. The molecule has 0 fully saturated rings. The van der Waals surface area contributed by atoms with E-state index >= 15 is 0 Å². The van der Waals surface area contributed by atoms with E-state index in [-0.39, 0.29) is 22.9 Å². The second-order valence-corrected chi connectivity index (χ2v) is 3.81. The normalized spacial score (nSPS) is 10.5. The number of pyridine rings is 1. The zero-order valence-corrected chi connectivity index (χ0v) is 9.99. The van der Waals surface area contributed by atoms with Gasteiger partial charge in [0, 0.05) is 31.5 Å². The van der Waals surface area contributed by atoms with Gasteiger partial charge < -0.3 is 9.88 Å². The van der Waals surface area contributed by atoms with Crippen LogP contribution in [0.4, 0.5) is 0 Å². The molecule has 0 aliphatic carbocycles. The lowest BCUT2D eigenvalue weighted by atomic mass is 10.1.